The Kier molecular flexibility index (Phi) is 5.19. The first-order chi connectivity index (χ1) is 11.3. The van der Waals surface area contributed by atoms with Crippen LogP contribution in [0.25, 0.3) is 5.78 Å². The monoisotopic (exact) mass is 375 g/mol. The highest BCUT2D eigenvalue weighted by Crippen LogP contribution is 2.14. The third-order valence-electron chi connectivity index (χ3n) is 3.43. The summed E-state index contributed by atoms with van der Waals surface area (Å²) in [5, 5.41) is 7.61. The molecule has 0 unspecified atom stereocenters. The van der Waals surface area contributed by atoms with E-state index in [9.17, 15) is 0 Å². The molecular formula is C16H18BrN5O. The molecule has 7 heteroatoms. The highest BCUT2D eigenvalue weighted by Gasteiger charge is 2.07. The van der Waals surface area contributed by atoms with E-state index >= 15 is 0 Å². The molecule has 0 fully saturated rings. The molecule has 0 aliphatic rings. The molecule has 2 aromatic heterocycles. The van der Waals surface area contributed by atoms with Gasteiger partial charge in [0.05, 0.1) is 12.3 Å². The Morgan fingerprint density at radius 3 is 3.04 bits per heavy atom. The topological polar surface area (TPSA) is 64.3 Å². The van der Waals surface area contributed by atoms with Crippen molar-refractivity contribution in [3.63, 3.8) is 0 Å². The maximum atomic E-state index is 5.15. The minimum absolute atomic E-state index is 0.454. The van der Waals surface area contributed by atoms with Crippen LogP contribution in [0.4, 0.5) is 5.82 Å². The predicted octanol–water partition coefficient (Wildman–Crippen LogP) is 3.08. The zero-order valence-corrected chi connectivity index (χ0v) is 14.5. The third kappa shape index (κ3) is 4.05. The predicted molar refractivity (Wildman–Crippen MR) is 92.4 cm³/mol. The zero-order chi connectivity index (χ0) is 16.1. The lowest BCUT2D eigenvalue weighted by atomic mass is 10.1. The van der Waals surface area contributed by atoms with Crippen LogP contribution in [0, 0.1) is 0 Å². The number of fused-ring (bicyclic) bond motifs is 1. The molecule has 0 saturated heterocycles. The second-order valence-corrected chi connectivity index (χ2v) is 6.11. The number of nitrogens with zero attached hydrogens (tertiary/aromatic N) is 4. The van der Waals surface area contributed by atoms with Gasteiger partial charge in [0, 0.05) is 24.2 Å². The van der Waals surface area contributed by atoms with Gasteiger partial charge in [0.15, 0.2) is 0 Å². The standard InChI is InChI=1S/C16H18BrN5O/c1-23-10-14-9-15(22-16(21-14)19-11-20-22)18-7-3-5-12-4-2-6-13(17)8-12/h2,4,6,8-9,11,18H,3,5,7,10H2,1H3. The van der Waals surface area contributed by atoms with Gasteiger partial charge in [0.25, 0.3) is 5.78 Å². The van der Waals surface area contributed by atoms with Crippen molar-refractivity contribution in [2.75, 3.05) is 19.0 Å². The summed E-state index contributed by atoms with van der Waals surface area (Å²) >= 11 is 3.50. The van der Waals surface area contributed by atoms with E-state index in [1.807, 2.05) is 12.1 Å². The van der Waals surface area contributed by atoms with Gasteiger partial charge in [-0.05, 0) is 30.5 Å². The van der Waals surface area contributed by atoms with Crippen LogP contribution >= 0.6 is 15.9 Å². The second-order valence-electron chi connectivity index (χ2n) is 5.20. The van der Waals surface area contributed by atoms with Crippen LogP contribution in [0.3, 0.4) is 0 Å². The summed E-state index contributed by atoms with van der Waals surface area (Å²) in [4.78, 5) is 8.54. The van der Waals surface area contributed by atoms with Gasteiger partial charge in [0.1, 0.15) is 12.1 Å². The van der Waals surface area contributed by atoms with E-state index < -0.39 is 0 Å². The Labute approximate surface area is 143 Å². The van der Waals surface area contributed by atoms with Crippen molar-refractivity contribution in [1.29, 1.82) is 0 Å². The summed E-state index contributed by atoms with van der Waals surface area (Å²) < 4.78 is 7.97. The number of aryl methyl sites for hydroxylation is 1. The van der Waals surface area contributed by atoms with Gasteiger partial charge in [-0.3, -0.25) is 0 Å². The van der Waals surface area contributed by atoms with Crippen LogP contribution < -0.4 is 5.32 Å². The van der Waals surface area contributed by atoms with E-state index in [-0.39, 0.29) is 0 Å². The SMILES string of the molecule is COCc1cc(NCCCc2cccc(Br)c2)n2ncnc2n1. The lowest BCUT2D eigenvalue weighted by Crippen LogP contribution is -2.10. The van der Waals surface area contributed by atoms with Crippen molar-refractivity contribution in [1.82, 2.24) is 19.6 Å². The van der Waals surface area contributed by atoms with Crippen molar-refractivity contribution < 1.29 is 4.74 Å². The summed E-state index contributed by atoms with van der Waals surface area (Å²) in [6, 6.07) is 10.3. The van der Waals surface area contributed by atoms with Crippen LogP contribution in [0.1, 0.15) is 17.7 Å². The molecule has 1 aromatic carbocycles. The summed E-state index contributed by atoms with van der Waals surface area (Å²) in [7, 11) is 1.65. The number of halogens is 1. The number of methoxy groups -OCH3 is 1. The van der Waals surface area contributed by atoms with Crippen molar-refractivity contribution in [3.8, 4) is 0 Å². The summed E-state index contributed by atoms with van der Waals surface area (Å²) in [5.74, 6) is 1.46. The van der Waals surface area contributed by atoms with Gasteiger partial charge in [0.2, 0.25) is 0 Å². The number of aromatic nitrogens is 4. The van der Waals surface area contributed by atoms with Crippen LogP contribution in [-0.4, -0.2) is 33.2 Å². The molecule has 0 amide bonds. The van der Waals surface area contributed by atoms with Gasteiger partial charge >= 0.3 is 0 Å². The average Bonchev–Trinajstić information content (AvgIpc) is 3.00. The van der Waals surface area contributed by atoms with Gasteiger partial charge in [-0.1, -0.05) is 28.1 Å². The van der Waals surface area contributed by atoms with Gasteiger partial charge in [-0.2, -0.15) is 14.6 Å². The number of hydrogen-bond acceptors (Lipinski definition) is 5. The average molecular weight is 376 g/mol. The number of anilines is 1. The van der Waals surface area contributed by atoms with E-state index in [1.165, 1.54) is 11.9 Å². The van der Waals surface area contributed by atoms with Crippen molar-refractivity contribution in [2.45, 2.75) is 19.4 Å². The molecule has 0 saturated carbocycles. The highest BCUT2D eigenvalue weighted by molar-refractivity contribution is 9.10. The van der Waals surface area contributed by atoms with Crippen LogP contribution in [0.2, 0.25) is 0 Å². The molecule has 120 valence electrons. The zero-order valence-electron chi connectivity index (χ0n) is 12.9. The van der Waals surface area contributed by atoms with Gasteiger partial charge < -0.3 is 10.1 Å². The minimum atomic E-state index is 0.454. The minimum Gasteiger partial charge on any atom is -0.378 e. The molecule has 0 atom stereocenters. The number of hydrogen-bond donors (Lipinski definition) is 1. The van der Waals surface area contributed by atoms with Crippen LogP contribution in [0.5, 0.6) is 0 Å². The first-order valence-electron chi connectivity index (χ1n) is 7.43. The Bertz CT molecular complexity index is 789. The maximum absolute atomic E-state index is 5.15. The lowest BCUT2D eigenvalue weighted by molar-refractivity contribution is 0.181. The molecule has 0 spiro atoms. The third-order valence-corrected chi connectivity index (χ3v) is 3.93. The quantitative estimate of drug-likeness (QED) is 0.642. The van der Waals surface area contributed by atoms with Crippen molar-refractivity contribution in [3.05, 3.63) is 52.4 Å². The summed E-state index contributed by atoms with van der Waals surface area (Å²) in [6.07, 6.45) is 3.54. The fraction of sp³-hybridized carbons (Fsp3) is 0.312. The smallest absolute Gasteiger partial charge is 0.254 e. The van der Waals surface area contributed by atoms with Gasteiger partial charge in [-0.15, -0.1) is 0 Å². The number of nitrogens with one attached hydrogen (secondary N) is 1. The molecule has 0 aliphatic heterocycles. The Hall–Kier alpha value is -1.99. The number of benzene rings is 1. The number of ether oxygens (including phenoxy) is 1. The summed E-state index contributed by atoms with van der Waals surface area (Å²) in [6.45, 7) is 1.30. The molecule has 23 heavy (non-hydrogen) atoms. The fourth-order valence-corrected chi connectivity index (χ4v) is 2.86. The normalized spacial score (nSPS) is 11.0. The molecule has 0 aliphatic carbocycles. The molecule has 6 nitrogen and oxygen atoms in total. The Morgan fingerprint density at radius 1 is 1.30 bits per heavy atom. The Balaban J connectivity index is 1.63. The number of rotatable bonds is 7. The van der Waals surface area contributed by atoms with E-state index in [0.29, 0.717) is 12.4 Å². The molecular weight excluding hydrogens is 358 g/mol. The molecule has 2 heterocycles. The van der Waals surface area contributed by atoms with E-state index in [4.69, 9.17) is 4.74 Å². The second kappa shape index (κ2) is 7.52. The Morgan fingerprint density at radius 2 is 2.22 bits per heavy atom. The van der Waals surface area contributed by atoms with E-state index in [0.717, 1.165) is 35.4 Å². The molecule has 0 radical (unpaired) electrons. The van der Waals surface area contributed by atoms with E-state index in [1.54, 1.807) is 11.6 Å². The van der Waals surface area contributed by atoms with Crippen LogP contribution in [-0.2, 0) is 17.8 Å². The molecule has 3 rings (SSSR count). The first-order valence-corrected chi connectivity index (χ1v) is 8.22. The van der Waals surface area contributed by atoms with E-state index in [2.05, 4.69) is 54.5 Å². The van der Waals surface area contributed by atoms with Crippen molar-refractivity contribution >= 4 is 27.5 Å². The van der Waals surface area contributed by atoms with Crippen molar-refractivity contribution in [2.24, 2.45) is 0 Å². The first kappa shape index (κ1) is 15.9. The van der Waals surface area contributed by atoms with Gasteiger partial charge in [-0.25, -0.2) is 4.98 Å². The fourth-order valence-electron chi connectivity index (χ4n) is 2.41. The van der Waals surface area contributed by atoms with Crippen LogP contribution in [0.15, 0.2) is 41.1 Å². The molecule has 1 N–H and O–H groups in total. The summed E-state index contributed by atoms with van der Waals surface area (Å²) in [5.41, 5.74) is 2.16. The lowest BCUT2D eigenvalue weighted by Gasteiger charge is -2.09. The largest absolute Gasteiger partial charge is 0.378 e. The highest BCUT2D eigenvalue weighted by atomic mass is 79.9. The maximum Gasteiger partial charge on any atom is 0.254 e. The molecule has 3 aromatic rings. The molecule has 0 bridgehead atoms.